The fourth-order valence-electron chi connectivity index (χ4n) is 3.67. The molecular formula is C23H21F4N5O4. The first-order valence-corrected chi connectivity index (χ1v) is 11.0. The van der Waals surface area contributed by atoms with Gasteiger partial charge in [-0.15, -0.1) is 18.3 Å². The van der Waals surface area contributed by atoms with E-state index in [2.05, 4.69) is 30.7 Å². The molecule has 1 amide bonds. The Bertz CT molecular complexity index is 1280. The number of anilines is 1. The lowest BCUT2D eigenvalue weighted by atomic mass is 9.94. The number of aromatic amines is 1. The Balaban J connectivity index is 1.58. The van der Waals surface area contributed by atoms with E-state index in [1.54, 1.807) is 6.92 Å². The molecule has 0 unspecified atom stereocenters. The second-order valence-electron chi connectivity index (χ2n) is 8.36. The van der Waals surface area contributed by atoms with E-state index in [1.165, 1.54) is 18.2 Å². The maximum Gasteiger partial charge on any atom is 0.573 e. The lowest BCUT2D eigenvalue weighted by Crippen LogP contribution is -2.29. The zero-order valence-electron chi connectivity index (χ0n) is 19.1. The number of aromatic nitrogens is 4. The number of tetrazole rings is 1. The van der Waals surface area contributed by atoms with Crippen LogP contribution in [0.25, 0.3) is 11.4 Å². The normalized spacial score (nSPS) is 15.2. The number of halogens is 4. The van der Waals surface area contributed by atoms with Crippen LogP contribution in [0, 0.1) is 5.82 Å². The zero-order chi connectivity index (χ0) is 26.1. The van der Waals surface area contributed by atoms with E-state index >= 15 is 0 Å². The molecule has 4 rings (SSSR count). The van der Waals surface area contributed by atoms with Crippen LogP contribution in [0.5, 0.6) is 5.75 Å². The molecule has 2 aromatic carbocycles. The van der Waals surface area contributed by atoms with Crippen LogP contribution in [-0.2, 0) is 14.9 Å². The van der Waals surface area contributed by atoms with Crippen molar-refractivity contribution in [2.75, 3.05) is 5.32 Å². The molecule has 1 fully saturated rings. The van der Waals surface area contributed by atoms with Crippen molar-refractivity contribution in [3.8, 4) is 17.1 Å². The van der Waals surface area contributed by atoms with Gasteiger partial charge in [-0.25, -0.2) is 14.3 Å². The molecule has 1 heterocycles. The second-order valence-corrected chi connectivity index (χ2v) is 8.36. The summed E-state index contributed by atoms with van der Waals surface area (Å²) >= 11 is 0. The standard InChI is InChI=1S/C23H21F4N5O4/c1-3-12(2)35-20(33)15-6-4-13(10-16(15)19-29-31-32-30-19)28-21(34)22(8-9-22)17-7-5-14(11-18(17)24)36-23(25,26)27/h4-7,10-12H,3,8-9H2,1-2H3,(H,28,34)(H,29,30,31,32)/t12-/m0/s1. The molecule has 1 saturated carbocycles. The molecule has 0 spiro atoms. The maximum atomic E-state index is 14.7. The summed E-state index contributed by atoms with van der Waals surface area (Å²) in [5.41, 5.74) is -0.573. The average Bonchev–Trinajstić information content (AvgIpc) is 3.43. The Morgan fingerprint density at radius 3 is 2.53 bits per heavy atom. The topological polar surface area (TPSA) is 119 Å². The highest BCUT2D eigenvalue weighted by Gasteiger charge is 2.53. The van der Waals surface area contributed by atoms with Gasteiger partial charge in [0.2, 0.25) is 5.91 Å². The fraction of sp³-hybridized carbons (Fsp3) is 0.348. The van der Waals surface area contributed by atoms with Gasteiger partial charge in [0.05, 0.1) is 17.1 Å². The Kier molecular flexibility index (Phi) is 6.65. The van der Waals surface area contributed by atoms with Gasteiger partial charge in [0.25, 0.3) is 0 Å². The number of benzene rings is 2. The minimum absolute atomic E-state index is 0.0390. The number of nitrogens with zero attached hydrogens (tertiary/aromatic N) is 3. The quantitative estimate of drug-likeness (QED) is 0.340. The number of hydrogen-bond donors (Lipinski definition) is 2. The summed E-state index contributed by atoms with van der Waals surface area (Å²) in [5, 5.41) is 16.1. The average molecular weight is 507 g/mol. The van der Waals surface area contributed by atoms with Gasteiger partial charge in [-0.1, -0.05) is 13.0 Å². The summed E-state index contributed by atoms with van der Waals surface area (Å²) in [6.45, 7) is 3.61. The van der Waals surface area contributed by atoms with E-state index in [9.17, 15) is 27.2 Å². The molecule has 1 aromatic heterocycles. The minimum atomic E-state index is -4.97. The Morgan fingerprint density at radius 2 is 1.94 bits per heavy atom. The largest absolute Gasteiger partial charge is 0.573 e. The minimum Gasteiger partial charge on any atom is -0.459 e. The molecule has 190 valence electrons. The van der Waals surface area contributed by atoms with Crippen LogP contribution in [0.4, 0.5) is 23.2 Å². The molecule has 0 aliphatic heterocycles. The number of nitrogens with one attached hydrogen (secondary N) is 2. The Labute approximate surface area is 202 Å². The van der Waals surface area contributed by atoms with Gasteiger partial charge in [-0.05, 0) is 60.9 Å². The first kappa shape index (κ1) is 25.1. The smallest absolute Gasteiger partial charge is 0.459 e. The van der Waals surface area contributed by atoms with Crippen LogP contribution in [0.15, 0.2) is 36.4 Å². The number of rotatable bonds is 8. The lowest BCUT2D eigenvalue weighted by Gasteiger charge is -2.18. The van der Waals surface area contributed by atoms with Crippen LogP contribution < -0.4 is 10.1 Å². The molecule has 2 N–H and O–H groups in total. The van der Waals surface area contributed by atoms with Crippen LogP contribution in [0.2, 0.25) is 0 Å². The Hall–Kier alpha value is -4.03. The molecule has 0 radical (unpaired) electrons. The second kappa shape index (κ2) is 9.55. The molecule has 1 atom stereocenters. The van der Waals surface area contributed by atoms with Crippen molar-refractivity contribution in [3.05, 3.63) is 53.3 Å². The molecule has 13 heteroatoms. The third kappa shape index (κ3) is 5.29. The number of carbonyl (C=O) groups excluding carboxylic acids is 2. The fourth-order valence-corrected chi connectivity index (χ4v) is 3.67. The lowest BCUT2D eigenvalue weighted by molar-refractivity contribution is -0.274. The molecule has 0 bridgehead atoms. The van der Waals surface area contributed by atoms with Gasteiger partial charge < -0.3 is 14.8 Å². The highest BCUT2D eigenvalue weighted by atomic mass is 19.4. The number of amides is 1. The van der Waals surface area contributed by atoms with Crippen LogP contribution in [0.3, 0.4) is 0 Å². The van der Waals surface area contributed by atoms with Crippen LogP contribution >= 0.6 is 0 Å². The summed E-state index contributed by atoms with van der Waals surface area (Å²) in [5.74, 6) is -2.70. The summed E-state index contributed by atoms with van der Waals surface area (Å²) in [6.07, 6.45) is -4.08. The number of hydrogen-bond acceptors (Lipinski definition) is 7. The van der Waals surface area contributed by atoms with Crippen molar-refractivity contribution in [3.63, 3.8) is 0 Å². The molecule has 9 nitrogen and oxygen atoms in total. The third-order valence-corrected chi connectivity index (χ3v) is 5.86. The van der Waals surface area contributed by atoms with Gasteiger partial charge in [0.15, 0.2) is 5.82 Å². The SMILES string of the molecule is CC[C@H](C)OC(=O)c1ccc(NC(=O)C2(c3ccc(OC(F)(F)F)cc3F)CC2)cc1-c1nnn[nH]1. The summed E-state index contributed by atoms with van der Waals surface area (Å²) in [4.78, 5) is 25.8. The first-order chi connectivity index (χ1) is 17.0. The predicted octanol–water partition coefficient (Wildman–Crippen LogP) is 4.53. The van der Waals surface area contributed by atoms with Crippen molar-refractivity contribution in [1.82, 2.24) is 20.6 Å². The molecule has 36 heavy (non-hydrogen) atoms. The molecular weight excluding hydrogens is 486 g/mol. The van der Waals surface area contributed by atoms with Gasteiger partial charge >= 0.3 is 12.3 Å². The summed E-state index contributed by atoms with van der Waals surface area (Å²) in [7, 11) is 0. The van der Waals surface area contributed by atoms with E-state index in [4.69, 9.17) is 4.74 Å². The number of alkyl halides is 3. The van der Waals surface area contributed by atoms with E-state index in [-0.39, 0.29) is 34.3 Å². The highest BCUT2D eigenvalue weighted by Crippen LogP contribution is 2.50. The summed E-state index contributed by atoms with van der Waals surface area (Å²) < 4.78 is 61.1. The molecule has 3 aromatic rings. The van der Waals surface area contributed by atoms with Crippen LogP contribution in [-0.4, -0.2) is 45.0 Å². The monoisotopic (exact) mass is 507 g/mol. The molecule has 1 aliphatic rings. The van der Waals surface area contributed by atoms with Crippen molar-refractivity contribution in [2.45, 2.75) is 51.0 Å². The van der Waals surface area contributed by atoms with E-state index < -0.39 is 35.2 Å². The first-order valence-electron chi connectivity index (χ1n) is 11.0. The van der Waals surface area contributed by atoms with E-state index in [0.29, 0.717) is 25.3 Å². The van der Waals surface area contributed by atoms with Crippen molar-refractivity contribution >= 4 is 17.6 Å². The number of carbonyl (C=O) groups is 2. The van der Waals surface area contributed by atoms with Crippen molar-refractivity contribution < 1.29 is 36.6 Å². The van der Waals surface area contributed by atoms with E-state index in [1.807, 2.05) is 6.92 Å². The van der Waals surface area contributed by atoms with Gasteiger partial charge in [-0.2, -0.15) is 0 Å². The summed E-state index contributed by atoms with van der Waals surface area (Å²) in [6, 6.07) is 7.07. The Morgan fingerprint density at radius 1 is 1.19 bits per heavy atom. The highest BCUT2D eigenvalue weighted by molar-refractivity contribution is 6.03. The number of H-pyrrole nitrogens is 1. The predicted molar refractivity (Wildman–Crippen MR) is 117 cm³/mol. The molecule has 0 saturated heterocycles. The van der Waals surface area contributed by atoms with Gasteiger partial charge in [0, 0.05) is 22.9 Å². The van der Waals surface area contributed by atoms with Gasteiger partial charge in [0.1, 0.15) is 11.6 Å². The van der Waals surface area contributed by atoms with Gasteiger partial charge in [-0.3, -0.25) is 4.79 Å². The van der Waals surface area contributed by atoms with Crippen molar-refractivity contribution in [1.29, 1.82) is 0 Å². The maximum absolute atomic E-state index is 14.7. The number of esters is 1. The van der Waals surface area contributed by atoms with Crippen molar-refractivity contribution in [2.24, 2.45) is 0 Å². The number of ether oxygens (including phenoxy) is 2. The third-order valence-electron chi connectivity index (χ3n) is 5.86. The van der Waals surface area contributed by atoms with Crippen LogP contribution in [0.1, 0.15) is 49.0 Å². The molecule has 1 aliphatic carbocycles. The van der Waals surface area contributed by atoms with E-state index in [0.717, 1.165) is 12.1 Å². The zero-order valence-corrected chi connectivity index (χ0v) is 19.1.